The van der Waals surface area contributed by atoms with Crippen LogP contribution in [0.5, 0.6) is 5.75 Å². The quantitative estimate of drug-likeness (QED) is 0.636. The summed E-state index contributed by atoms with van der Waals surface area (Å²) < 4.78 is 16.3. The summed E-state index contributed by atoms with van der Waals surface area (Å²) in [6.45, 7) is 3.31. The Kier molecular flexibility index (Phi) is 6.37. The van der Waals surface area contributed by atoms with Crippen LogP contribution in [0.1, 0.15) is 59.1 Å². The molecule has 2 heterocycles. The van der Waals surface area contributed by atoms with Crippen LogP contribution in [0, 0.1) is 0 Å². The van der Waals surface area contributed by atoms with Crippen LogP contribution in [0.2, 0.25) is 0 Å². The number of nitrogens with zero attached hydrogens (tertiary/aromatic N) is 1. The van der Waals surface area contributed by atoms with Gasteiger partial charge in [0, 0.05) is 22.7 Å². The number of likely N-dealkylation sites (N-methyl/N-ethyl adjacent to an activating group) is 1. The van der Waals surface area contributed by atoms with E-state index in [9.17, 15) is 24.6 Å². The van der Waals surface area contributed by atoms with Gasteiger partial charge in [0.25, 0.3) is 0 Å². The molecule has 1 aromatic carbocycles. The minimum Gasteiger partial charge on any atom is -0.507 e. The number of ether oxygens (including phenoxy) is 3. The van der Waals surface area contributed by atoms with Crippen LogP contribution >= 0.6 is 0 Å². The second kappa shape index (κ2) is 8.98. The molecule has 0 spiro atoms. The van der Waals surface area contributed by atoms with Crippen LogP contribution in [0.25, 0.3) is 0 Å². The third-order valence-corrected chi connectivity index (χ3v) is 6.77. The highest BCUT2D eigenvalue weighted by atomic mass is 16.5. The van der Waals surface area contributed by atoms with Gasteiger partial charge in [0.15, 0.2) is 5.78 Å². The van der Waals surface area contributed by atoms with Gasteiger partial charge >= 0.3 is 5.97 Å². The van der Waals surface area contributed by atoms with Crippen LogP contribution in [-0.2, 0) is 19.0 Å². The van der Waals surface area contributed by atoms with Crippen molar-refractivity contribution in [2.24, 2.45) is 0 Å². The molecule has 0 saturated carbocycles. The maximum absolute atomic E-state index is 13.5. The van der Waals surface area contributed by atoms with Crippen molar-refractivity contribution in [1.29, 1.82) is 0 Å². The summed E-state index contributed by atoms with van der Waals surface area (Å²) in [7, 11) is 4.98. The number of carbonyl (C=O) groups excluding carboxylic acids is 3. The lowest BCUT2D eigenvalue weighted by Gasteiger charge is -2.41. The van der Waals surface area contributed by atoms with Gasteiger partial charge in [-0.1, -0.05) is 6.07 Å². The predicted molar refractivity (Wildman–Crippen MR) is 120 cm³/mol. The van der Waals surface area contributed by atoms with E-state index in [2.05, 4.69) is 4.74 Å². The summed E-state index contributed by atoms with van der Waals surface area (Å²) in [6, 6.07) is 2.90. The highest BCUT2D eigenvalue weighted by molar-refractivity contribution is 6.32. The number of esters is 1. The molecule has 5 atom stereocenters. The number of fused-ring (bicyclic) bond motifs is 2. The number of hydrogen-bond acceptors (Lipinski definition) is 9. The predicted octanol–water partition coefficient (Wildman–Crippen LogP) is 2.07. The number of methoxy groups -OCH3 is 1. The number of carbonyl (C=O) groups is 3. The number of Topliss-reactive ketones (excluding diaryl/α,β-unsaturated/α-hetero) is 2. The van der Waals surface area contributed by atoms with Gasteiger partial charge in [0.1, 0.15) is 17.6 Å². The molecule has 182 valence electrons. The Balaban J connectivity index is 1.74. The number of allylic oxidation sites excluding steroid dienone is 3. The molecular formula is C25H29NO8. The summed E-state index contributed by atoms with van der Waals surface area (Å²) in [4.78, 5) is 40.3. The summed E-state index contributed by atoms with van der Waals surface area (Å²) in [5.74, 6) is -1.56. The Morgan fingerprint density at radius 3 is 2.59 bits per heavy atom. The lowest BCUT2D eigenvalue weighted by molar-refractivity contribution is -0.142. The van der Waals surface area contributed by atoms with Gasteiger partial charge in [-0.25, -0.2) is 0 Å². The fourth-order valence-electron chi connectivity index (χ4n) is 4.94. The zero-order valence-corrected chi connectivity index (χ0v) is 19.8. The minimum absolute atomic E-state index is 0.0746. The van der Waals surface area contributed by atoms with Crippen molar-refractivity contribution in [2.45, 2.75) is 57.1 Å². The van der Waals surface area contributed by atoms with Gasteiger partial charge in [0.05, 0.1) is 43.0 Å². The van der Waals surface area contributed by atoms with Gasteiger partial charge in [-0.2, -0.15) is 0 Å². The maximum atomic E-state index is 13.5. The first-order valence-electron chi connectivity index (χ1n) is 11.2. The lowest BCUT2D eigenvalue weighted by Crippen LogP contribution is -2.50. The molecule has 1 aliphatic carbocycles. The van der Waals surface area contributed by atoms with E-state index in [4.69, 9.17) is 9.47 Å². The van der Waals surface area contributed by atoms with Crippen molar-refractivity contribution in [3.63, 3.8) is 0 Å². The molecule has 1 fully saturated rings. The number of phenolic OH excluding ortho intramolecular Hbond substituents is 1. The van der Waals surface area contributed by atoms with Gasteiger partial charge in [-0.3, -0.25) is 14.4 Å². The Morgan fingerprint density at radius 2 is 1.94 bits per heavy atom. The van der Waals surface area contributed by atoms with Crippen molar-refractivity contribution < 1.29 is 38.8 Å². The molecule has 4 rings (SSSR count). The minimum atomic E-state index is -0.733. The molecule has 2 N–H and O–H groups in total. The molecule has 34 heavy (non-hydrogen) atoms. The summed E-state index contributed by atoms with van der Waals surface area (Å²) >= 11 is 0. The number of phenols is 1. The fraction of sp³-hybridized carbons (Fsp3) is 0.480. The first kappa shape index (κ1) is 24.1. The SMILES string of the molecule is COC(=O)C[C@@H]1C=C2C(=O)c3ccc([C@H]4C[C@@H](N(C)C)[C@H](O)[C@@H](C)O4)c(O)c3C(=O)C2=C(C)O1. The maximum Gasteiger partial charge on any atom is 0.309 e. The number of benzene rings is 1. The van der Waals surface area contributed by atoms with E-state index in [-0.39, 0.29) is 46.2 Å². The number of aliphatic hydroxyl groups is 1. The Hall–Kier alpha value is -3.01. The second-order valence-corrected chi connectivity index (χ2v) is 9.12. The van der Waals surface area contributed by atoms with Crippen molar-refractivity contribution in [2.75, 3.05) is 21.2 Å². The van der Waals surface area contributed by atoms with Crippen LogP contribution in [0.15, 0.2) is 35.1 Å². The van der Waals surface area contributed by atoms with E-state index in [1.54, 1.807) is 19.9 Å². The molecule has 0 amide bonds. The van der Waals surface area contributed by atoms with Crippen molar-refractivity contribution in [3.8, 4) is 5.75 Å². The third kappa shape index (κ3) is 3.93. The Bertz CT molecular complexity index is 1120. The Morgan fingerprint density at radius 1 is 1.24 bits per heavy atom. The zero-order chi connectivity index (χ0) is 24.9. The van der Waals surface area contributed by atoms with Crippen molar-refractivity contribution in [1.82, 2.24) is 4.90 Å². The molecule has 2 aliphatic heterocycles. The number of aromatic hydroxyl groups is 1. The van der Waals surface area contributed by atoms with Gasteiger partial charge < -0.3 is 29.3 Å². The largest absolute Gasteiger partial charge is 0.507 e. The van der Waals surface area contributed by atoms with Gasteiger partial charge in [0.2, 0.25) is 5.78 Å². The normalized spacial score (nSPS) is 28.8. The molecule has 0 bridgehead atoms. The van der Waals surface area contributed by atoms with Crippen LogP contribution in [-0.4, -0.2) is 78.2 Å². The number of rotatable bonds is 4. The van der Waals surface area contributed by atoms with E-state index in [1.165, 1.54) is 19.3 Å². The average molecular weight is 472 g/mol. The molecule has 1 aromatic rings. The smallest absolute Gasteiger partial charge is 0.309 e. The summed E-state index contributed by atoms with van der Waals surface area (Å²) in [5, 5.41) is 21.6. The molecule has 9 heteroatoms. The summed E-state index contributed by atoms with van der Waals surface area (Å²) in [5.41, 5.74) is 0.608. The molecular weight excluding hydrogens is 442 g/mol. The summed E-state index contributed by atoms with van der Waals surface area (Å²) in [6.07, 6.45) is -0.731. The van der Waals surface area contributed by atoms with Crippen LogP contribution in [0.4, 0.5) is 0 Å². The van der Waals surface area contributed by atoms with E-state index in [1.807, 2.05) is 19.0 Å². The fourth-order valence-corrected chi connectivity index (χ4v) is 4.94. The monoisotopic (exact) mass is 471 g/mol. The topological polar surface area (TPSA) is 123 Å². The molecule has 9 nitrogen and oxygen atoms in total. The lowest BCUT2D eigenvalue weighted by atomic mass is 9.78. The van der Waals surface area contributed by atoms with Crippen LogP contribution in [0.3, 0.4) is 0 Å². The molecule has 0 unspecified atom stereocenters. The van der Waals surface area contributed by atoms with Crippen LogP contribution < -0.4 is 0 Å². The standard InChI is InChI=1S/C25H29NO8/c1-11-20-16(8-13(33-11)9-19(27)32-5)23(29)15-7-6-14(24(30)21(15)25(20)31)18-10-17(26(3)4)22(28)12(2)34-18/h6-8,12-13,17-18,22,28,30H,9-10H2,1-5H3/t12-,13+,17-,18-,22-/m1/s1. The number of ketones is 2. The first-order valence-corrected chi connectivity index (χ1v) is 11.2. The van der Waals surface area contributed by atoms with Gasteiger partial charge in [-0.05, 0) is 46.5 Å². The first-order chi connectivity index (χ1) is 16.0. The highest BCUT2D eigenvalue weighted by Gasteiger charge is 2.43. The molecule has 3 aliphatic rings. The molecule has 1 saturated heterocycles. The van der Waals surface area contributed by atoms with E-state index >= 15 is 0 Å². The highest BCUT2D eigenvalue weighted by Crippen LogP contribution is 2.44. The van der Waals surface area contributed by atoms with Gasteiger partial charge in [-0.15, -0.1) is 0 Å². The molecule has 0 aromatic heterocycles. The zero-order valence-electron chi connectivity index (χ0n) is 19.8. The van der Waals surface area contributed by atoms with Crippen molar-refractivity contribution >= 4 is 17.5 Å². The van der Waals surface area contributed by atoms with E-state index in [0.717, 1.165) is 0 Å². The number of aliphatic hydroxyl groups excluding tert-OH is 1. The third-order valence-electron chi connectivity index (χ3n) is 6.77. The average Bonchev–Trinajstić information content (AvgIpc) is 2.78. The van der Waals surface area contributed by atoms with E-state index in [0.29, 0.717) is 12.0 Å². The number of hydrogen-bond donors (Lipinski definition) is 2. The second-order valence-electron chi connectivity index (χ2n) is 9.12. The van der Waals surface area contributed by atoms with E-state index < -0.39 is 42.0 Å². The van der Waals surface area contributed by atoms with Crippen molar-refractivity contribution in [3.05, 3.63) is 51.8 Å². The molecule has 0 radical (unpaired) electrons. The Labute approximate surface area is 197 Å².